The van der Waals surface area contributed by atoms with Crippen LogP contribution in [0.1, 0.15) is 48.6 Å². The highest BCUT2D eigenvalue weighted by atomic mass is 16.6. The summed E-state index contributed by atoms with van der Waals surface area (Å²) < 4.78 is 12.1. The van der Waals surface area contributed by atoms with Crippen molar-refractivity contribution in [1.82, 2.24) is 4.90 Å². The first-order chi connectivity index (χ1) is 16.5. The lowest BCUT2D eigenvalue weighted by Crippen LogP contribution is -2.47. The summed E-state index contributed by atoms with van der Waals surface area (Å²) in [4.78, 5) is 27.9. The second kappa shape index (κ2) is 9.43. The van der Waals surface area contributed by atoms with Crippen molar-refractivity contribution in [2.75, 3.05) is 6.61 Å². The Morgan fingerprint density at radius 3 is 2.12 bits per heavy atom. The molecule has 2 aliphatic rings. The van der Waals surface area contributed by atoms with Crippen LogP contribution in [-0.2, 0) is 20.9 Å². The van der Waals surface area contributed by atoms with Crippen LogP contribution in [0.5, 0.6) is 0 Å². The van der Waals surface area contributed by atoms with Crippen LogP contribution < -0.4 is 0 Å². The predicted octanol–water partition coefficient (Wildman–Crippen LogP) is 5.88. The molecule has 1 heterocycles. The van der Waals surface area contributed by atoms with Gasteiger partial charge in [-0.2, -0.15) is 0 Å². The molecule has 0 spiro atoms. The van der Waals surface area contributed by atoms with E-state index in [1.807, 2.05) is 95.9 Å². The summed E-state index contributed by atoms with van der Waals surface area (Å²) >= 11 is 0. The van der Waals surface area contributed by atoms with E-state index >= 15 is 0 Å². The van der Waals surface area contributed by atoms with Crippen LogP contribution in [0.15, 0.2) is 91.0 Å². The molecule has 0 radical (unpaired) electrons. The Kier molecular flexibility index (Phi) is 6.20. The molecule has 0 N–H and O–H groups in total. The van der Waals surface area contributed by atoms with Crippen molar-refractivity contribution >= 4 is 11.9 Å². The molecular weight excluding hydrogens is 426 g/mol. The summed E-state index contributed by atoms with van der Waals surface area (Å²) in [7, 11) is 0. The minimum absolute atomic E-state index is 0.151. The molecule has 5 nitrogen and oxygen atoms in total. The van der Waals surface area contributed by atoms with E-state index in [1.54, 1.807) is 0 Å². The molecule has 1 aliphatic carbocycles. The van der Waals surface area contributed by atoms with Gasteiger partial charge in [-0.3, -0.25) is 9.69 Å². The van der Waals surface area contributed by atoms with Gasteiger partial charge in [0.2, 0.25) is 0 Å². The van der Waals surface area contributed by atoms with Gasteiger partial charge in [0.15, 0.2) is 6.10 Å². The van der Waals surface area contributed by atoms with E-state index in [0.717, 1.165) is 16.7 Å². The topological polar surface area (TPSA) is 55.8 Å². The fourth-order valence-corrected chi connectivity index (χ4v) is 5.35. The largest absolute Gasteiger partial charge is 0.439 e. The minimum atomic E-state index is -0.497. The number of nitrogens with zero attached hydrogens (tertiary/aromatic N) is 1. The molecule has 1 saturated heterocycles. The number of ether oxygens (including phenoxy) is 2. The van der Waals surface area contributed by atoms with Crippen molar-refractivity contribution in [1.29, 1.82) is 0 Å². The van der Waals surface area contributed by atoms with Gasteiger partial charge in [0, 0.05) is 18.3 Å². The molecule has 1 amide bonds. The third-order valence-corrected chi connectivity index (χ3v) is 7.00. The molecule has 4 atom stereocenters. The Balaban J connectivity index is 1.45. The molecule has 5 rings (SSSR count). The van der Waals surface area contributed by atoms with Gasteiger partial charge in [-0.25, -0.2) is 4.79 Å². The molecule has 0 unspecified atom stereocenters. The second-order valence-corrected chi connectivity index (χ2v) is 9.55. The smallest absolute Gasteiger partial charge is 0.411 e. The Hall–Kier alpha value is -3.44. The Bertz CT molecular complexity index is 1130. The SMILES string of the molecule is C[C@]1(COCc2ccccc2)CC(=O)C[C@H]1N1C(=O)O[C@@H](c2ccccc2)[C@H]1c1ccccc1. The second-order valence-electron chi connectivity index (χ2n) is 9.55. The zero-order valence-corrected chi connectivity index (χ0v) is 19.3. The molecule has 1 saturated carbocycles. The third-order valence-electron chi connectivity index (χ3n) is 7.00. The molecule has 1 aliphatic heterocycles. The van der Waals surface area contributed by atoms with Crippen molar-refractivity contribution in [2.24, 2.45) is 5.41 Å². The average Bonchev–Trinajstić information content (AvgIpc) is 3.35. The van der Waals surface area contributed by atoms with Gasteiger partial charge in [0.05, 0.1) is 19.3 Å². The van der Waals surface area contributed by atoms with Gasteiger partial charge >= 0.3 is 6.09 Å². The highest BCUT2D eigenvalue weighted by Crippen LogP contribution is 2.50. The first-order valence-corrected chi connectivity index (χ1v) is 11.8. The van der Waals surface area contributed by atoms with E-state index in [0.29, 0.717) is 26.1 Å². The van der Waals surface area contributed by atoms with Crippen molar-refractivity contribution in [3.8, 4) is 0 Å². The monoisotopic (exact) mass is 455 g/mol. The maximum absolute atomic E-state index is 13.4. The summed E-state index contributed by atoms with van der Waals surface area (Å²) in [5.74, 6) is 0.151. The molecule has 2 fully saturated rings. The number of hydrogen-bond acceptors (Lipinski definition) is 4. The van der Waals surface area contributed by atoms with Crippen molar-refractivity contribution < 1.29 is 19.1 Å². The summed E-state index contributed by atoms with van der Waals surface area (Å²) in [5, 5.41) is 0. The van der Waals surface area contributed by atoms with Crippen molar-refractivity contribution in [2.45, 2.75) is 44.6 Å². The van der Waals surface area contributed by atoms with E-state index in [1.165, 1.54) is 0 Å². The fraction of sp³-hybridized carbons (Fsp3) is 0.310. The zero-order valence-electron chi connectivity index (χ0n) is 19.3. The van der Waals surface area contributed by atoms with Crippen molar-refractivity contribution in [3.63, 3.8) is 0 Å². The number of ketones is 1. The summed E-state index contributed by atoms with van der Waals surface area (Å²) in [5.41, 5.74) is 2.52. The quantitative estimate of drug-likeness (QED) is 0.447. The first-order valence-electron chi connectivity index (χ1n) is 11.8. The number of carbonyl (C=O) groups excluding carboxylic acids is 2. The first kappa shape index (κ1) is 22.4. The molecular formula is C29H29NO4. The number of hydrogen-bond donors (Lipinski definition) is 0. The predicted molar refractivity (Wildman–Crippen MR) is 129 cm³/mol. The molecule has 3 aromatic carbocycles. The van der Waals surface area contributed by atoms with Gasteiger partial charge < -0.3 is 9.47 Å². The van der Waals surface area contributed by atoms with E-state index in [4.69, 9.17) is 9.47 Å². The summed E-state index contributed by atoms with van der Waals surface area (Å²) in [6, 6.07) is 29.1. The number of cyclic esters (lactones) is 1. The zero-order chi connectivity index (χ0) is 23.5. The Morgan fingerprint density at radius 2 is 1.47 bits per heavy atom. The lowest BCUT2D eigenvalue weighted by Gasteiger charge is -2.39. The van der Waals surface area contributed by atoms with Gasteiger partial charge in [-0.15, -0.1) is 0 Å². The highest BCUT2D eigenvalue weighted by molar-refractivity contribution is 5.84. The maximum Gasteiger partial charge on any atom is 0.411 e. The number of benzene rings is 3. The summed E-state index contributed by atoms with van der Waals surface area (Å²) in [6.45, 7) is 2.91. The van der Waals surface area contributed by atoms with Crippen LogP contribution in [0, 0.1) is 5.41 Å². The standard InChI is InChI=1S/C29H29NO4/c1-29(20-33-19-21-11-5-2-6-12-21)18-24(31)17-25(29)30-26(22-13-7-3-8-14-22)27(34-28(30)32)23-15-9-4-10-16-23/h2-16,25-27H,17-20H2,1H3/t25-,26-,27+,29-/m1/s1. The summed E-state index contributed by atoms with van der Waals surface area (Å²) in [6.07, 6.45) is -0.128. The normalized spacial score (nSPS) is 26.6. The van der Waals surface area contributed by atoms with Crippen LogP contribution in [0.25, 0.3) is 0 Å². The molecule has 0 aromatic heterocycles. The number of Topliss-reactive ketones (excluding diaryl/α,β-unsaturated/α-hetero) is 1. The molecule has 174 valence electrons. The van der Waals surface area contributed by atoms with Gasteiger partial charge in [-0.05, 0) is 16.7 Å². The van der Waals surface area contributed by atoms with Crippen LogP contribution >= 0.6 is 0 Å². The Labute approximate surface area is 200 Å². The molecule has 3 aromatic rings. The Morgan fingerprint density at radius 1 is 0.882 bits per heavy atom. The van der Waals surface area contributed by atoms with Crippen LogP contribution in [0.2, 0.25) is 0 Å². The van der Waals surface area contributed by atoms with E-state index in [9.17, 15) is 9.59 Å². The number of rotatable bonds is 7. The average molecular weight is 456 g/mol. The third kappa shape index (κ3) is 4.36. The van der Waals surface area contributed by atoms with Crippen LogP contribution in [0.4, 0.5) is 4.79 Å². The van der Waals surface area contributed by atoms with Gasteiger partial charge in [0.25, 0.3) is 0 Å². The fourth-order valence-electron chi connectivity index (χ4n) is 5.35. The molecule has 34 heavy (non-hydrogen) atoms. The maximum atomic E-state index is 13.4. The number of amides is 1. The lowest BCUT2D eigenvalue weighted by atomic mass is 9.83. The molecule has 0 bridgehead atoms. The highest BCUT2D eigenvalue weighted by Gasteiger charge is 2.55. The van der Waals surface area contributed by atoms with Crippen LogP contribution in [0.3, 0.4) is 0 Å². The minimum Gasteiger partial charge on any atom is -0.439 e. The van der Waals surface area contributed by atoms with Gasteiger partial charge in [-0.1, -0.05) is 97.9 Å². The number of carbonyl (C=O) groups is 2. The van der Waals surface area contributed by atoms with Crippen molar-refractivity contribution in [3.05, 3.63) is 108 Å². The van der Waals surface area contributed by atoms with E-state index in [-0.39, 0.29) is 24.0 Å². The lowest BCUT2D eigenvalue weighted by molar-refractivity contribution is -0.118. The van der Waals surface area contributed by atoms with Gasteiger partial charge in [0.1, 0.15) is 11.8 Å². The van der Waals surface area contributed by atoms with Crippen LogP contribution in [-0.4, -0.2) is 29.4 Å². The molecule has 5 heteroatoms. The van der Waals surface area contributed by atoms with E-state index in [2.05, 4.69) is 6.92 Å². The van der Waals surface area contributed by atoms with E-state index < -0.39 is 11.5 Å².